The first-order valence-electron chi connectivity index (χ1n) is 4.84. The molecule has 0 amide bonds. The monoisotopic (exact) mass is 224 g/mol. The van der Waals surface area contributed by atoms with Gasteiger partial charge in [0.1, 0.15) is 5.75 Å². The van der Waals surface area contributed by atoms with Gasteiger partial charge in [0.05, 0.1) is 18.7 Å². The highest BCUT2D eigenvalue weighted by atomic mass is 35.5. The summed E-state index contributed by atoms with van der Waals surface area (Å²) in [5.41, 5.74) is 2.24. The first-order valence-corrected chi connectivity index (χ1v) is 5.28. The van der Waals surface area contributed by atoms with E-state index in [0.717, 1.165) is 24.4 Å². The molecule has 0 aromatic carbocycles. The lowest BCUT2D eigenvalue weighted by molar-refractivity contribution is 0.412. The van der Waals surface area contributed by atoms with Gasteiger partial charge >= 0.3 is 0 Å². The van der Waals surface area contributed by atoms with Crippen LogP contribution in [-0.2, 0) is 0 Å². The van der Waals surface area contributed by atoms with Crippen LogP contribution in [-0.4, -0.2) is 30.6 Å². The van der Waals surface area contributed by atoms with Crippen molar-refractivity contribution in [1.29, 1.82) is 0 Å². The van der Waals surface area contributed by atoms with Gasteiger partial charge in [-0.25, -0.2) is 0 Å². The molecule has 2 heterocycles. The molecule has 3 nitrogen and oxygen atoms in total. The average molecular weight is 225 g/mol. The number of nitrogens with zero attached hydrogens (tertiary/aromatic N) is 1. The predicted molar refractivity (Wildman–Crippen MR) is 61.3 cm³/mol. The van der Waals surface area contributed by atoms with Crippen molar-refractivity contribution < 1.29 is 4.74 Å². The van der Waals surface area contributed by atoms with Gasteiger partial charge in [0.25, 0.3) is 0 Å². The van der Waals surface area contributed by atoms with Crippen molar-refractivity contribution in [3.05, 3.63) is 30.1 Å². The maximum absolute atomic E-state index is 6.04. The van der Waals surface area contributed by atoms with Crippen molar-refractivity contribution in [2.75, 3.05) is 20.2 Å². The number of hydrogen-bond donors (Lipinski definition) is 1. The number of aromatic nitrogens is 1. The largest absolute Gasteiger partial charge is 0.495 e. The second kappa shape index (κ2) is 4.64. The number of rotatable bonds is 2. The second-order valence-electron chi connectivity index (χ2n) is 3.45. The lowest BCUT2D eigenvalue weighted by atomic mass is 10.0. The summed E-state index contributed by atoms with van der Waals surface area (Å²) in [6.07, 6.45) is 5.58. The van der Waals surface area contributed by atoms with E-state index < -0.39 is 0 Å². The Morgan fingerprint density at radius 3 is 3.13 bits per heavy atom. The third kappa shape index (κ3) is 2.49. The van der Waals surface area contributed by atoms with Crippen LogP contribution >= 0.6 is 11.6 Å². The number of nitrogens with one attached hydrogen (secondary N) is 1. The Hall–Kier alpha value is -1.06. The number of hydrogen-bond acceptors (Lipinski definition) is 3. The molecule has 0 saturated heterocycles. The Bertz CT molecular complexity index is 379. The van der Waals surface area contributed by atoms with Gasteiger partial charge in [-0.3, -0.25) is 4.98 Å². The molecule has 2 rings (SSSR count). The summed E-state index contributed by atoms with van der Waals surface area (Å²) in [6.45, 7) is 1.65. The summed E-state index contributed by atoms with van der Waals surface area (Å²) in [6, 6.07) is 1.97. The lowest BCUT2D eigenvalue weighted by Crippen LogP contribution is -2.28. The van der Waals surface area contributed by atoms with E-state index >= 15 is 0 Å². The van der Waals surface area contributed by atoms with Crippen LogP contribution in [0.1, 0.15) is 5.56 Å². The van der Waals surface area contributed by atoms with Crippen LogP contribution in [0.3, 0.4) is 0 Å². The Morgan fingerprint density at radius 2 is 2.40 bits per heavy atom. The maximum Gasteiger partial charge on any atom is 0.137 e. The van der Waals surface area contributed by atoms with E-state index in [1.54, 1.807) is 13.3 Å². The van der Waals surface area contributed by atoms with Crippen LogP contribution in [0.15, 0.2) is 24.5 Å². The molecule has 0 saturated carbocycles. The van der Waals surface area contributed by atoms with E-state index in [9.17, 15) is 0 Å². The molecular formula is C11H13ClN2O. The summed E-state index contributed by atoms with van der Waals surface area (Å²) < 4.78 is 5.13. The molecule has 80 valence electrons. The first-order chi connectivity index (χ1) is 7.29. The molecular weight excluding hydrogens is 212 g/mol. The number of alkyl halides is 1. The zero-order chi connectivity index (χ0) is 10.7. The Labute approximate surface area is 94.1 Å². The maximum atomic E-state index is 6.04. The Kier molecular flexibility index (Phi) is 3.23. The summed E-state index contributed by atoms with van der Waals surface area (Å²) >= 11 is 6.04. The van der Waals surface area contributed by atoms with Gasteiger partial charge in [-0.1, -0.05) is 6.08 Å². The third-order valence-corrected chi connectivity index (χ3v) is 2.64. The molecule has 1 unspecified atom stereocenters. The number of methoxy groups -OCH3 is 1. The summed E-state index contributed by atoms with van der Waals surface area (Å²) in [5, 5.41) is 3.31. The number of ether oxygens (including phenoxy) is 1. The van der Waals surface area contributed by atoms with Crippen LogP contribution in [0.4, 0.5) is 0 Å². The van der Waals surface area contributed by atoms with Gasteiger partial charge < -0.3 is 10.1 Å². The lowest BCUT2D eigenvalue weighted by Gasteiger charge is -2.18. The molecule has 0 fully saturated rings. The highest BCUT2D eigenvalue weighted by molar-refractivity contribution is 6.22. The highest BCUT2D eigenvalue weighted by Gasteiger charge is 2.12. The van der Waals surface area contributed by atoms with Crippen LogP contribution in [0.25, 0.3) is 5.57 Å². The fourth-order valence-electron chi connectivity index (χ4n) is 1.59. The van der Waals surface area contributed by atoms with Crippen LogP contribution in [0.5, 0.6) is 5.75 Å². The molecule has 0 radical (unpaired) electrons. The van der Waals surface area contributed by atoms with E-state index in [1.165, 1.54) is 5.57 Å². The van der Waals surface area contributed by atoms with Crippen LogP contribution in [0, 0.1) is 0 Å². The molecule has 1 aromatic rings. The van der Waals surface area contributed by atoms with E-state index in [2.05, 4.69) is 16.4 Å². The Balaban J connectivity index is 2.28. The molecule has 1 aromatic heterocycles. The van der Waals surface area contributed by atoms with Gasteiger partial charge in [0.2, 0.25) is 0 Å². The molecule has 1 aliphatic rings. The summed E-state index contributed by atoms with van der Waals surface area (Å²) in [5.74, 6) is 0.769. The number of halogens is 1. The second-order valence-corrected chi connectivity index (χ2v) is 4.01. The molecule has 0 aliphatic carbocycles. The van der Waals surface area contributed by atoms with Crippen molar-refractivity contribution >= 4 is 17.2 Å². The molecule has 0 bridgehead atoms. The zero-order valence-electron chi connectivity index (χ0n) is 8.53. The summed E-state index contributed by atoms with van der Waals surface area (Å²) in [7, 11) is 1.64. The first kappa shape index (κ1) is 10.5. The van der Waals surface area contributed by atoms with E-state index in [0.29, 0.717) is 0 Å². The SMILES string of the molecule is COc1cncc(C2=CC(Cl)CNC2)c1. The van der Waals surface area contributed by atoms with Crippen LogP contribution < -0.4 is 10.1 Å². The molecule has 15 heavy (non-hydrogen) atoms. The third-order valence-electron chi connectivity index (χ3n) is 2.36. The van der Waals surface area contributed by atoms with Crippen LogP contribution in [0.2, 0.25) is 0 Å². The van der Waals surface area contributed by atoms with Gasteiger partial charge in [-0.2, -0.15) is 0 Å². The zero-order valence-corrected chi connectivity index (χ0v) is 9.29. The van der Waals surface area contributed by atoms with Gasteiger partial charge in [0.15, 0.2) is 0 Å². The van der Waals surface area contributed by atoms with Gasteiger partial charge in [-0.05, 0) is 11.6 Å². The molecule has 1 N–H and O–H groups in total. The predicted octanol–water partition coefficient (Wildman–Crippen LogP) is 1.68. The minimum absolute atomic E-state index is 0.0555. The quantitative estimate of drug-likeness (QED) is 0.777. The number of pyridine rings is 1. The van der Waals surface area contributed by atoms with Crippen molar-refractivity contribution in [3.63, 3.8) is 0 Å². The van der Waals surface area contributed by atoms with Gasteiger partial charge in [0, 0.05) is 24.8 Å². The minimum Gasteiger partial charge on any atom is -0.495 e. The minimum atomic E-state index is 0.0555. The van der Waals surface area contributed by atoms with E-state index in [1.807, 2.05) is 12.3 Å². The topological polar surface area (TPSA) is 34.1 Å². The fraction of sp³-hybridized carbons (Fsp3) is 0.364. The fourth-order valence-corrected chi connectivity index (χ4v) is 1.85. The smallest absolute Gasteiger partial charge is 0.137 e. The van der Waals surface area contributed by atoms with Crippen molar-refractivity contribution in [2.24, 2.45) is 0 Å². The Morgan fingerprint density at radius 1 is 1.53 bits per heavy atom. The van der Waals surface area contributed by atoms with Crippen molar-refractivity contribution in [1.82, 2.24) is 10.3 Å². The van der Waals surface area contributed by atoms with Crippen molar-refractivity contribution in [2.45, 2.75) is 5.38 Å². The molecule has 0 spiro atoms. The molecule has 1 aliphatic heterocycles. The van der Waals surface area contributed by atoms with E-state index in [4.69, 9.17) is 16.3 Å². The van der Waals surface area contributed by atoms with E-state index in [-0.39, 0.29) is 5.38 Å². The summed E-state index contributed by atoms with van der Waals surface area (Å²) in [4.78, 5) is 4.12. The average Bonchev–Trinajstić information content (AvgIpc) is 2.29. The normalized spacial score (nSPS) is 20.9. The highest BCUT2D eigenvalue weighted by Crippen LogP contribution is 2.21. The molecule has 4 heteroatoms. The standard InChI is InChI=1S/C11H13ClN2O/c1-15-11-3-9(5-14-7-11)8-2-10(12)6-13-4-8/h2-3,5,7,10,13H,4,6H2,1H3. The van der Waals surface area contributed by atoms with Crippen molar-refractivity contribution in [3.8, 4) is 5.75 Å². The van der Waals surface area contributed by atoms with Gasteiger partial charge in [-0.15, -0.1) is 11.6 Å². The molecule has 1 atom stereocenters.